The van der Waals surface area contributed by atoms with Crippen molar-refractivity contribution in [3.05, 3.63) is 47.7 Å². The van der Waals surface area contributed by atoms with Gasteiger partial charge in [-0.2, -0.15) is 29.5 Å². The van der Waals surface area contributed by atoms with E-state index >= 15 is 0 Å². The summed E-state index contributed by atoms with van der Waals surface area (Å²) in [5.41, 5.74) is 2.75. The number of aromatic nitrogens is 3. The zero-order valence-electron chi connectivity index (χ0n) is 9.87. The number of aryl methyl sites for hydroxylation is 1. The first-order valence-electron chi connectivity index (χ1n) is 5.15. The Morgan fingerprint density at radius 1 is 1.39 bits per heavy atom. The molecule has 1 radical (unpaired) electrons. The van der Waals surface area contributed by atoms with E-state index in [-0.39, 0.29) is 32.7 Å². The van der Waals surface area contributed by atoms with Gasteiger partial charge in [-0.15, -0.1) is 18.3 Å². The number of imidazole rings is 1. The molecule has 0 saturated carbocycles. The molecule has 6 heteroatoms. The van der Waals surface area contributed by atoms with Gasteiger partial charge >= 0.3 is 0 Å². The van der Waals surface area contributed by atoms with Crippen LogP contribution in [0.3, 0.4) is 0 Å². The van der Waals surface area contributed by atoms with Crippen LogP contribution >= 0.6 is 11.3 Å². The molecule has 0 spiro atoms. The van der Waals surface area contributed by atoms with Gasteiger partial charge in [0.05, 0.1) is 10.5 Å². The minimum atomic E-state index is 0. The topological polar surface area (TPSA) is 50.4 Å². The van der Waals surface area contributed by atoms with E-state index in [1.807, 2.05) is 0 Å². The third-order valence-electron chi connectivity index (χ3n) is 2.00. The number of benzene rings is 1. The van der Waals surface area contributed by atoms with E-state index in [1.165, 1.54) is 11.3 Å². The predicted molar refractivity (Wildman–Crippen MR) is 66.0 cm³/mol. The molecule has 0 saturated heterocycles. The van der Waals surface area contributed by atoms with Gasteiger partial charge in [-0.3, -0.25) is 0 Å². The number of hydrogen-bond donors (Lipinski definition) is 1. The number of nitrogens with zero attached hydrogens (tertiary/aromatic N) is 3. The average molecular weight is 334 g/mol. The van der Waals surface area contributed by atoms with E-state index in [9.17, 15) is 0 Å². The molecule has 0 aliphatic carbocycles. The maximum absolute atomic E-state index is 8.61. The Hall–Kier alpha value is -0.776. The molecule has 3 aromatic rings. The van der Waals surface area contributed by atoms with Crippen LogP contribution in [0, 0.1) is 12.3 Å². The molecule has 18 heavy (non-hydrogen) atoms. The number of aromatic hydroxyl groups is 1. The van der Waals surface area contributed by atoms with Gasteiger partial charge in [-0.1, -0.05) is 6.92 Å². The summed E-state index contributed by atoms with van der Waals surface area (Å²) in [5, 5.41) is 12.6. The van der Waals surface area contributed by atoms with Crippen molar-refractivity contribution in [1.29, 1.82) is 0 Å². The van der Waals surface area contributed by atoms with Crippen molar-refractivity contribution in [3.63, 3.8) is 0 Å². The fraction of sp³-hybridized carbons (Fsp3) is 0.167. The van der Waals surface area contributed by atoms with Crippen LogP contribution in [0.2, 0.25) is 0 Å². The van der Waals surface area contributed by atoms with Crippen LogP contribution in [0.5, 0.6) is 5.75 Å². The Kier molecular flexibility index (Phi) is 6.46. The van der Waals surface area contributed by atoms with Crippen LogP contribution in [0.15, 0.2) is 29.8 Å². The molecule has 91 valence electrons. The van der Waals surface area contributed by atoms with Crippen molar-refractivity contribution in [2.75, 3.05) is 0 Å². The van der Waals surface area contributed by atoms with Gasteiger partial charge in [-0.05, 0) is 12.1 Å². The molecule has 0 fully saturated rings. The Balaban J connectivity index is 0.000000181. The summed E-state index contributed by atoms with van der Waals surface area (Å²) in [4.78, 5) is 5.18. The summed E-state index contributed by atoms with van der Waals surface area (Å²) in [6.07, 6.45) is 3.96. The summed E-state index contributed by atoms with van der Waals surface area (Å²) in [7, 11) is 0. The molecule has 4 nitrogen and oxygen atoms in total. The fourth-order valence-corrected chi connectivity index (χ4v) is 1.76. The molecule has 2 aromatic heterocycles. The summed E-state index contributed by atoms with van der Waals surface area (Å²) < 4.78 is 1.68. The standard InChI is InChI=1S/C6H6N3S.C6H5O.Y/c1-2-5-3-9-6(8-5)10-4-7-9;7-6-4-2-1-3-5-6;/h4H,2H2,1H3;2-5,7H;/q2*-1;. The second kappa shape index (κ2) is 7.61. The van der Waals surface area contributed by atoms with Crippen molar-refractivity contribution in [3.8, 4) is 5.75 Å². The van der Waals surface area contributed by atoms with Crippen LogP contribution in [0.1, 0.15) is 12.6 Å². The second-order valence-electron chi connectivity index (χ2n) is 3.22. The second-order valence-corrected chi connectivity index (χ2v) is 4.03. The molecule has 0 aliphatic rings. The van der Waals surface area contributed by atoms with Crippen LogP contribution in [-0.2, 0) is 39.1 Å². The monoisotopic (exact) mass is 334 g/mol. The van der Waals surface area contributed by atoms with E-state index in [0.717, 1.165) is 17.1 Å². The van der Waals surface area contributed by atoms with Gasteiger partial charge in [-0.25, -0.2) is 5.10 Å². The van der Waals surface area contributed by atoms with Crippen molar-refractivity contribution >= 4 is 16.3 Å². The van der Waals surface area contributed by atoms with Gasteiger partial charge in [0, 0.05) is 38.5 Å². The molecule has 3 rings (SSSR count). The molecular formula is C12H11N3OSY-2. The molecule has 0 unspecified atom stereocenters. The Labute approximate surface area is 135 Å². The number of phenols is 1. The van der Waals surface area contributed by atoms with Gasteiger partial charge in [0.25, 0.3) is 0 Å². The van der Waals surface area contributed by atoms with E-state index in [2.05, 4.69) is 29.3 Å². The smallest absolute Gasteiger partial charge is 0.0824 e. The van der Waals surface area contributed by atoms with Crippen LogP contribution in [0.4, 0.5) is 0 Å². The van der Waals surface area contributed by atoms with Crippen molar-refractivity contribution in [1.82, 2.24) is 14.6 Å². The molecule has 0 amide bonds. The Morgan fingerprint density at radius 3 is 2.61 bits per heavy atom. The molecule has 1 aromatic carbocycles. The van der Waals surface area contributed by atoms with Crippen LogP contribution in [0.25, 0.3) is 4.96 Å². The van der Waals surface area contributed by atoms with E-state index in [4.69, 9.17) is 5.11 Å². The minimum absolute atomic E-state index is 0. The van der Waals surface area contributed by atoms with Crippen molar-refractivity contribution in [2.45, 2.75) is 13.3 Å². The number of rotatable bonds is 1. The maximum atomic E-state index is 8.61. The van der Waals surface area contributed by atoms with E-state index in [1.54, 1.807) is 34.3 Å². The number of fused-ring (bicyclic) bond motifs is 1. The molecule has 2 heterocycles. The summed E-state index contributed by atoms with van der Waals surface area (Å²) in [5.74, 6) is 0.291. The first kappa shape index (κ1) is 15.3. The zero-order valence-corrected chi connectivity index (χ0v) is 13.5. The van der Waals surface area contributed by atoms with Crippen LogP contribution < -0.4 is 0 Å². The minimum Gasteiger partial charge on any atom is -0.533 e. The number of phenolic OH excluding ortho intramolecular Hbond substituents is 1. The summed E-state index contributed by atoms with van der Waals surface area (Å²) in [6, 6.07) is 9.26. The first-order chi connectivity index (χ1) is 8.29. The normalized spacial score (nSPS) is 9.39. The summed E-state index contributed by atoms with van der Waals surface area (Å²) >= 11 is 1.53. The summed E-state index contributed by atoms with van der Waals surface area (Å²) in [6.45, 7) is 2.06. The van der Waals surface area contributed by atoms with E-state index < -0.39 is 0 Å². The Morgan fingerprint density at radius 2 is 2.11 bits per heavy atom. The van der Waals surface area contributed by atoms with Crippen molar-refractivity contribution < 1.29 is 37.8 Å². The average Bonchev–Trinajstić information content (AvgIpc) is 2.90. The van der Waals surface area contributed by atoms with Gasteiger partial charge < -0.3 is 14.6 Å². The first-order valence-corrected chi connectivity index (χ1v) is 6.03. The third-order valence-corrected chi connectivity index (χ3v) is 2.68. The third kappa shape index (κ3) is 4.16. The van der Waals surface area contributed by atoms with Gasteiger partial charge in [0.15, 0.2) is 0 Å². The van der Waals surface area contributed by atoms with E-state index in [0.29, 0.717) is 5.75 Å². The fourth-order valence-electron chi connectivity index (χ4n) is 1.17. The molecular weight excluding hydrogens is 323 g/mol. The molecule has 0 bridgehead atoms. The molecule has 1 N–H and O–H groups in total. The van der Waals surface area contributed by atoms with Gasteiger partial charge in [0.1, 0.15) is 0 Å². The Bertz CT molecular complexity index is 551. The predicted octanol–water partition coefficient (Wildman–Crippen LogP) is 2.34. The quantitative estimate of drug-likeness (QED) is 0.695. The molecule has 0 aliphatic heterocycles. The SMILES string of the molecule is CCc1[c-]n2ncsc2n1.Oc1cc[c-]cc1.[Y]. The molecule has 0 atom stereocenters. The zero-order chi connectivity index (χ0) is 12.1. The maximum Gasteiger partial charge on any atom is 0.0824 e. The number of hydrogen-bond acceptors (Lipinski definition) is 4. The largest absolute Gasteiger partial charge is 0.533 e. The van der Waals surface area contributed by atoms with Gasteiger partial charge in [0.2, 0.25) is 0 Å². The van der Waals surface area contributed by atoms with Crippen LogP contribution in [-0.4, -0.2) is 19.7 Å². The van der Waals surface area contributed by atoms with Crippen molar-refractivity contribution in [2.24, 2.45) is 0 Å².